The number of rotatable bonds is 3. The van der Waals surface area contributed by atoms with Gasteiger partial charge in [0.15, 0.2) is 0 Å². The summed E-state index contributed by atoms with van der Waals surface area (Å²) < 4.78 is 0. The van der Waals surface area contributed by atoms with Gasteiger partial charge in [-0.1, -0.05) is 6.08 Å². The molecule has 0 amide bonds. The van der Waals surface area contributed by atoms with E-state index in [9.17, 15) is 0 Å². The van der Waals surface area contributed by atoms with Gasteiger partial charge in [0.2, 0.25) is 0 Å². The molecule has 0 aliphatic rings. The van der Waals surface area contributed by atoms with E-state index < -0.39 is 0 Å². The van der Waals surface area contributed by atoms with Crippen molar-refractivity contribution in [3.05, 3.63) is 12.3 Å². The lowest BCUT2D eigenvalue weighted by molar-refractivity contribution is 1.51. The third-order valence-corrected chi connectivity index (χ3v) is 0.651. The molecule has 0 saturated heterocycles. The Balaban J connectivity index is 3.51. The Morgan fingerprint density at radius 2 is 1.60 bits per heavy atom. The zero-order chi connectivity index (χ0) is 7.66. The molecule has 0 N–H and O–H groups in total. The van der Waals surface area contributed by atoms with Crippen LogP contribution in [0, 0.1) is 0 Å². The molecule has 54 valence electrons. The highest BCUT2D eigenvalue weighted by Crippen LogP contribution is 1.70. The van der Waals surface area contributed by atoms with E-state index >= 15 is 0 Å². The predicted octanol–water partition coefficient (Wildman–Crippen LogP) is 1.67. The monoisotopic (exact) mass is 137 g/mol. The van der Waals surface area contributed by atoms with Crippen molar-refractivity contribution in [3.63, 3.8) is 0 Å². The number of hydrogen-bond acceptors (Lipinski definition) is 1. The Bertz CT molecular complexity index is 146. The van der Waals surface area contributed by atoms with Gasteiger partial charge >= 0.3 is 0 Å². The Morgan fingerprint density at radius 1 is 0.900 bits per heavy atom. The second-order valence-electron chi connectivity index (χ2n) is 1.42. The van der Waals surface area contributed by atoms with Crippen molar-refractivity contribution in [1.29, 1.82) is 0 Å². The van der Waals surface area contributed by atoms with Gasteiger partial charge in [0.25, 0.3) is 0 Å². The van der Waals surface area contributed by atoms with Crippen LogP contribution in [0.25, 0.3) is 0 Å². The summed E-state index contributed by atoms with van der Waals surface area (Å²) >= 11 is 0. The molecule has 0 bridgehead atoms. The highest BCUT2D eigenvalue weighted by Gasteiger charge is 1.59. The first-order chi connectivity index (χ1) is 4.91. The van der Waals surface area contributed by atoms with E-state index in [-0.39, 0.29) is 0 Å². The van der Waals surface area contributed by atoms with E-state index in [2.05, 4.69) is 15.0 Å². The van der Waals surface area contributed by atoms with Crippen LogP contribution in [0.3, 0.4) is 0 Å². The number of allylic oxidation sites excluding steroid dienone is 1. The third-order valence-electron chi connectivity index (χ3n) is 0.651. The largest absolute Gasteiger partial charge is 0.249 e. The van der Waals surface area contributed by atoms with Crippen molar-refractivity contribution in [3.8, 4) is 0 Å². The second kappa shape index (κ2) is 7.75. The molecule has 0 aromatic heterocycles. The van der Waals surface area contributed by atoms with E-state index in [1.807, 2.05) is 19.9 Å². The van der Waals surface area contributed by atoms with E-state index in [0.717, 1.165) is 0 Å². The molecule has 0 aromatic rings. The SMILES string of the molecule is C\C=N/C=N\C=N/C=C/C. The van der Waals surface area contributed by atoms with Crippen molar-refractivity contribution >= 4 is 18.9 Å². The third kappa shape index (κ3) is 6.75. The quantitative estimate of drug-likeness (QED) is 0.419. The maximum atomic E-state index is 3.78. The van der Waals surface area contributed by atoms with Gasteiger partial charge in [-0.2, -0.15) is 0 Å². The Morgan fingerprint density at radius 3 is 2.20 bits per heavy atom. The standard InChI is InChI=1S/C7H11N3/c1-3-5-9-7-10-6-8-4-2/h3-7H,1-2H3/b5-3+,8-4-,9-7-,10-6-. The molecule has 10 heavy (non-hydrogen) atoms. The Kier molecular flexibility index (Phi) is 6.78. The van der Waals surface area contributed by atoms with Crippen molar-refractivity contribution < 1.29 is 0 Å². The average molecular weight is 137 g/mol. The summed E-state index contributed by atoms with van der Waals surface area (Å²) in [7, 11) is 0. The maximum Gasteiger partial charge on any atom is 0.117 e. The van der Waals surface area contributed by atoms with Crippen molar-refractivity contribution in [1.82, 2.24) is 0 Å². The minimum Gasteiger partial charge on any atom is -0.249 e. The van der Waals surface area contributed by atoms with Crippen LogP contribution in [0.15, 0.2) is 27.3 Å². The van der Waals surface area contributed by atoms with Crippen LogP contribution >= 0.6 is 0 Å². The van der Waals surface area contributed by atoms with Crippen LogP contribution in [0.1, 0.15) is 13.8 Å². The average Bonchev–Trinajstić information content (AvgIpc) is 1.97. The van der Waals surface area contributed by atoms with Gasteiger partial charge in [0.1, 0.15) is 12.7 Å². The molecular weight excluding hydrogens is 126 g/mol. The predicted molar refractivity (Wildman–Crippen MR) is 46.0 cm³/mol. The molecule has 3 nitrogen and oxygen atoms in total. The van der Waals surface area contributed by atoms with Crippen LogP contribution < -0.4 is 0 Å². The minimum atomic E-state index is 1.44. The van der Waals surface area contributed by atoms with E-state index in [0.29, 0.717) is 0 Å². The van der Waals surface area contributed by atoms with Gasteiger partial charge in [-0.05, 0) is 13.8 Å². The molecule has 0 saturated carbocycles. The zero-order valence-electron chi connectivity index (χ0n) is 6.23. The molecule has 0 aliphatic carbocycles. The van der Waals surface area contributed by atoms with Crippen molar-refractivity contribution in [2.24, 2.45) is 15.0 Å². The molecule has 0 spiro atoms. The van der Waals surface area contributed by atoms with Gasteiger partial charge in [-0.15, -0.1) is 0 Å². The lowest BCUT2D eigenvalue weighted by Gasteiger charge is -1.72. The molecule has 3 heteroatoms. The van der Waals surface area contributed by atoms with Gasteiger partial charge in [-0.3, -0.25) is 0 Å². The van der Waals surface area contributed by atoms with Crippen LogP contribution in [0.4, 0.5) is 0 Å². The van der Waals surface area contributed by atoms with Gasteiger partial charge in [0.05, 0.1) is 0 Å². The summed E-state index contributed by atoms with van der Waals surface area (Å²) in [5.41, 5.74) is 0. The summed E-state index contributed by atoms with van der Waals surface area (Å²) in [4.78, 5) is 11.3. The molecular formula is C7H11N3. The molecule has 0 heterocycles. The normalized spacial score (nSPS) is 13.4. The summed E-state index contributed by atoms with van der Waals surface area (Å²) in [5.74, 6) is 0. The maximum absolute atomic E-state index is 3.78. The Labute approximate surface area is 60.9 Å². The molecule has 0 atom stereocenters. The van der Waals surface area contributed by atoms with Crippen molar-refractivity contribution in [2.75, 3.05) is 0 Å². The molecule has 0 fully saturated rings. The van der Waals surface area contributed by atoms with Crippen LogP contribution in [-0.4, -0.2) is 18.9 Å². The first kappa shape index (κ1) is 8.75. The zero-order valence-corrected chi connectivity index (χ0v) is 6.23. The van der Waals surface area contributed by atoms with Crippen LogP contribution in [0.5, 0.6) is 0 Å². The summed E-state index contributed by atoms with van der Waals surface area (Å²) in [5, 5.41) is 0. The van der Waals surface area contributed by atoms with Gasteiger partial charge in [-0.25, -0.2) is 15.0 Å². The van der Waals surface area contributed by atoms with E-state index in [1.54, 1.807) is 12.4 Å². The minimum absolute atomic E-state index is 1.44. The summed E-state index contributed by atoms with van der Waals surface area (Å²) in [6, 6.07) is 0. The van der Waals surface area contributed by atoms with Crippen LogP contribution in [0.2, 0.25) is 0 Å². The molecule has 0 radical (unpaired) electrons. The van der Waals surface area contributed by atoms with E-state index in [4.69, 9.17) is 0 Å². The number of hydrogen-bond donors (Lipinski definition) is 0. The fourth-order valence-corrected chi connectivity index (χ4v) is 0.298. The van der Waals surface area contributed by atoms with Crippen LogP contribution in [-0.2, 0) is 0 Å². The number of nitrogens with zero attached hydrogens (tertiary/aromatic N) is 3. The van der Waals surface area contributed by atoms with Crippen molar-refractivity contribution in [2.45, 2.75) is 13.8 Å². The first-order valence-corrected chi connectivity index (χ1v) is 3.04. The lowest BCUT2D eigenvalue weighted by Crippen LogP contribution is -1.67. The number of aliphatic imine (C=N–C) groups is 3. The second-order valence-corrected chi connectivity index (χ2v) is 1.42. The van der Waals surface area contributed by atoms with Gasteiger partial charge < -0.3 is 0 Å². The Hall–Kier alpha value is -1.25. The smallest absolute Gasteiger partial charge is 0.117 e. The van der Waals surface area contributed by atoms with E-state index in [1.165, 1.54) is 12.7 Å². The highest BCUT2D eigenvalue weighted by atomic mass is 14.9. The highest BCUT2D eigenvalue weighted by molar-refractivity contribution is 5.77. The first-order valence-electron chi connectivity index (χ1n) is 3.04. The molecule has 0 aromatic carbocycles. The van der Waals surface area contributed by atoms with Gasteiger partial charge in [0, 0.05) is 12.4 Å². The summed E-state index contributed by atoms with van der Waals surface area (Å²) in [6.45, 7) is 3.72. The lowest BCUT2D eigenvalue weighted by atomic mass is 10.7. The molecule has 0 rings (SSSR count). The fourth-order valence-electron chi connectivity index (χ4n) is 0.298. The molecule has 0 aliphatic heterocycles. The summed E-state index contributed by atoms with van der Waals surface area (Å²) in [6.07, 6.45) is 8.02. The molecule has 0 unspecified atom stereocenters. The topological polar surface area (TPSA) is 37.1 Å². The fraction of sp³-hybridized carbons (Fsp3) is 0.286.